The lowest BCUT2D eigenvalue weighted by molar-refractivity contribution is -0.112. The van der Waals surface area contributed by atoms with Crippen molar-refractivity contribution in [3.63, 3.8) is 0 Å². The molecular formula is C19H18N6O2. The Hall–Kier alpha value is -3.68. The Morgan fingerprint density at radius 2 is 2.11 bits per heavy atom. The van der Waals surface area contributed by atoms with Crippen LogP contribution < -0.4 is 15.4 Å². The van der Waals surface area contributed by atoms with Gasteiger partial charge in [0.2, 0.25) is 5.88 Å². The summed E-state index contributed by atoms with van der Waals surface area (Å²) in [5.74, 6) is 1.04. The van der Waals surface area contributed by atoms with E-state index in [9.17, 15) is 4.79 Å². The monoisotopic (exact) mass is 362 g/mol. The van der Waals surface area contributed by atoms with Gasteiger partial charge in [-0.1, -0.05) is 0 Å². The number of nitrogens with one attached hydrogen (secondary N) is 3. The van der Waals surface area contributed by atoms with E-state index in [-0.39, 0.29) is 5.91 Å². The van der Waals surface area contributed by atoms with Crippen molar-refractivity contribution in [3.05, 3.63) is 59.6 Å². The molecule has 0 saturated carbocycles. The lowest BCUT2D eigenvalue weighted by Gasteiger charge is -2.19. The molecule has 0 bridgehead atoms. The standard InChI is InChI=1S/C19H18N6O2/c1-11-15(10-21-18(23-11)12-3-6-17(27-2)20-8-12)19(26)24-14-4-5-16-13(7-14)9-22-25-16/h3-9H,10H2,1-2H3,(H,21,23)(H,22,25)(H,24,26). The zero-order valence-corrected chi connectivity index (χ0v) is 14.9. The van der Waals surface area contributed by atoms with E-state index < -0.39 is 0 Å². The fraction of sp³-hybridized carbons (Fsp3) is 0.158. The molecule has 8 heteroatoms. The first-order valence-electron chi connectivity index (χ1n) is 8.40. The summed E-state index contributed by atoms with van der Waals surface area (Å²) in [5.41, 5.74) is 3.82. The number of methoxy groups -OCH3 is 1. The third-order valence-corrected chi connectivity index (χ3v) is 4.34. The van der Waals surface area contributed by atoms with Gasteiger partial charge in [0.25, 0.3) is 5.91 Å². The summed E-state index contributed by atoms with van der Waals surface area (Å²) in [6, 6.07) is 9.23. The van der Waals surface area contributed by atoms with Crippen molar-refractivity contribution < 1.29 is 9.53 Å². The van der Waals surface area contributed by atoms with E-state index in [1.165, 1.54) is 0 Å². The van der Waals surface area contributed by atoms with Gasteiger partial charge in [0.1, 0.15) is 5.84 Å². The number of carbonyl (C=O) groups is 1. The van der Waals surface area contributed by atoms with Crippen molar-refractivity contribution >= 4 is 28.3 Å². The second-order valence-electron chi connectivity index (χ2n) is 6.11. The molecule has 1 aromatic carbocycles. The molecule has 27 heavy (non-hydrogen) atoms. The maximum atomic E-state index is 12.6. The highest BCUT2D eigenvalue weighted by atomic mass is 16.5. The van der Waals surface area contributed by atoms with Gasteiger partial charge in [-0.25, -0.2) is 4.98 Å². The number of amidine groups is 1. The highest BCUT2D eigenvalue weighted by Crippen LogP contribution is 2.19. The van der Waals surface area contributed by atoms with Gasteiger partial charge >= 0.3 is 0 Å². The molecule has 3 aromatic rings. The Labute approximate surface area is 155 Å². The highest BCUT2D eigenvalue weighted by molar-refractivity contribution is 6.08. The van der Waals surface area contributed by atoms with Crippen LogP contribution in [-0.2, 0) is 4.79 Å². The molecule has 0 radical (unpaired) electrons. The number of carbonyl (C=O) groups excluding carboxylic acids is 1. The normalized spacial score (nSPS) is 13.9. The van der Waals surface area contributed by atoms with Gasteiger partial charge in [-0.3, -0.25) is 14.9 Å². The SMILES string of the molecule is COc1ccc(C2=NCC(C(=O)Nc3ccc4[nH]ncc4c3)=C(C)N2)cn1. The number of aliphatic imine (C=N–C) groups is 1. The minimum Gasteiger partial charge on any atom is -0.481 e. The summed E-state index contributed by atoms with van der Waals surface area (Å²) < 4.78 is 5.06. The number of anilines is 1. The van der Waals surface area contributed by atoms with Gasteiger partial charge in [-0.05, 0) is 31.2 Å². The highest BCUT2D eigenvalue weighted by Gasteiger charge is 2.19. The fourth-order valence-electron chi connectivity index (χ4n) is 2.84. The molecule has 1 aliphatic heterocycles. The number of benzene rings is 1. The van der Waals surface area contributed by atoms with E-state index >= 15 is 0 Å². The predicted octanol–water partition coefficient (Wildman–Crippen LogP) is 2.23. The molecule has 0 fully saturated rings. The number of ether oxygens (including phenoxy) is 1. The second kappa shape index (κ2) is 6.91. The molecule has 136 valence electrons. The van der Waals surface area contributed by atoms with Crippen molar-refractivity contribution in [1.29, 1.82) is 0 Å². The zero-order valence-electron chi connectivity index (χ0n) is 14.9. The zero-order chi connectivity index (χ0) is 18.8. The van der Waals surface area contributed by atoms with Crippen LogP contribution in [0.2, 0.25) is 0 Å². The summed E-state index contributed by atoms with van der Waals surface area (Å²) in [6.45, 7) is 2.15. The molecule has 0 spiro atoms. The third kappa shape index (κ3) is 3.37. The van der Waals surface area contributed by atoms with E-state index in [1.807, 2.05) is 31.2 Å². The largest absolute Gasteiger partial charge is 0.481 e. The van der Waals surface area contributed by atoms with Gasteiger partial charge in [0.05, 0.1) is 30.9 Å². The summed E-state index contributed by atoms with van der Waals surface area (Å²) in [4.78, 5) is 21.3. The first-order valence-corrected chi connectivity index (χ1v) is 8.40. The van der Waals surface area contributed by atoms with Gasteiger partial charge in [0, 0.05) is 34.6 Å². The first kappa shape index (κ1) is 16.8. The Morgan fingerprint density at radius 1 is 1.22 bits per heavy atom. The Bertz CT molecular complexity index is 1070. The van der Waals surface area contributed by atoms with Gasteiger partial charge in [-0.2, -0.15) is 5.10 Å². The summed E-state index contributed by atoms with van der Waals surface area (Å²) in [6.07, 6.45) is 3.40. The summed E-state index contributed by atoms with van der Waals surface area (Å²) >= 11 is 0. The molecule has 3 heterocycles. The van der Waals surface area contributed by atoms with Crippen LogP contribution in [0.5, 0.6) is 5.88 Å². The maximum absolute atomic E-state index is 12.6. The van der Waals surface area contributed by atoms with Crippen LogP contribution in [-0.4, -0.2) is 40.6 Å². The molecule has 0 aliphatic carbocycles. The average Bonchev–Trinajstić information content (AvgIpc) is 3.15. The van der Waals surface area contributed by atoms with E-state index in [1.54, 1.807) is 25.6 Å². The lowest BCUT2D eigenvalue weighted by Crippen LogP contribution is -2.32. The average molecular weight is 362 g/mol. The number of H-pyrrole nitrogens is 1. The number of allylic oxidation sites excluding steroid dienone is 1. The molecule has 1 aliphatic rings. The van der Waals surface area contributed by atoms with Crippen LogP contribution >= 0.6 is 0 Å². The topological polar surface area (TPSA) is 104 Å². The van der Waals surface area contributed by atoms with Crippen LogP contribution in [0, 0.1) is 0 Å². The Balaban J connectivity index is 1.48. The van der Waals surface area contributed by atoms with Crippen LogP contribution in [0.3, 0.4) is 0 Å². The van der Waals surface area contributed by atoms with E-state index in [2.05, 4.69) is 30.8 Å². The van der Waals surface area contributed by atoms with Gasteiger partial charge in [-0.15, -0.1) is 0 Å². The number of hydrogen-bond donors (Lipinski definition) is 3. The fourth-order valence-corrected chi connectivity index (χ4v) is 2.84. The Kier molecular flexibility index (Phi) is 4.29. The summed E-state index contributed by atoms with van der Waals surface area (Å²) in [7, 11) is 1.57. The predicted molar refractivity (Wildman–Crippen MR) is 103 cm³/mol. The van der Waals surface area contributed by atoms with E-state index in [0.29, 0.717) is 29.5 Å². The number of hydrogen-bond acceptors (Lipinski definition) is 6. The van der Waals surface area contributed by atoms with Crippen molar-refractivity contribution in [3.8, 4) is 5.88 Å². The molecule has 1 amide bonds. The quantitative estimate of drug-likeness (QED) is 0.660. The van der Waals surface area contributed by atoms with E-state index in [0.717, 1.165) is 22.2 Å². The molecule has 0 atom stereocenters. The number of aromatic amines is 1. The molecular weight excluding hydrogens is 344 g/mol. The van der Waals surface area contributed by atoms with Crippen LogP contribution in [0.15, 0.2) is 59.0 Å². The maximum Gasteiger partial charge on any atom is 0.255 e. The van der Waals surface area contributed by atoms with Crippen LogP contribution in [0.4, 0.5) is 5.69 Å². The molecule has 2 aromatic heterocycles. The van der Waals surface area contributed by atoms with Crippen LogP contribution in [0.25, 0.3) is 10.9 Å². The van der Waals surface area contributed by atoms with E-state index in [4.69, 9.17) is 4.74 Å². The molecule has 3 N–H and O–H groups in total. The molecule has 8 nitrogen and oxygen atoms in total. The molecule has 0 saturated heterocycles. The van der Waals surface area contributed by atoms with Gasteiger partial charge < -0.3 is 15.4 Å². The third-order valence-electron chi connectivity index (χ3n) is 4.34. The minimum absolute atomic E-state index is 0.182. The van der Waals surface area contributed by atoms with Gasteiger partial charge in [0.15, 0.2) is 0 Å². The molecule has 0 unspecified atom stereocenters. The Morgan fingerprint density at radius 3 is 2.85 bits per heavy atom. The first-order chi connectivity index (χ1) is 13.1. The minimum atomic E-state index is -0.182. The number of amides is 1. The number of fused-ring (bicyclic) bond motifs is 1. The number of aromatic nitrogens is 3. The van der Waals surface area contributed by atoms with Crippen molar-refractivity contribution in [1.82, 2.24) is 20.5 Å². The molecule has 4 rings (SSSR count). The number of nitrogens with zero attached hydrogens (tertiary/aromatic N) is 3. The second-order valence-corrected chi connectivity index (χ2v) is 6.11. The number of rotatable bonds is 4. The smallest absolute Gasteiger partial charge is 0.255 e. The van der Waals surface area contributed by atoms with Crippen LogP contribution in [0.1, 0.15) is 12.5 Å². The van der Waals surface area contributed by atoms with Crippen molar-refractivity contribution in [2.75, 3.05) is 19.0 Å². The lowest BCUT2D eigenvalue weighted by atomic mass is 10.1. The number of pyridine rings is 1. The van der Waals surface area contributed by atoms with Crippen molar-refractivity contribution in [2.45, 2.75) is 6.92 Å². The summed E-state index contributed by atoms with van der Waals surface area (Å²) in [5, 5.41) is 13.9. The van der Waals surface area contributed by atoms with Crippen molar-refractivity contribution in [2.24, 2.45) is 4.99 Å².